The lowest BCUT2D eigenvalue weighted by molar-refractivity contribution is -0.0795. The summed E-state index contributed by atoms with van der Waals surface area (Å²) < 4.78 is 20.2. The number of aliphatic hydroxyl groups excluding tert-OH is 1. The molecule has 0 saturated carbocycles. The molecule has 1 saturated heterocycles. The van der Waals surface area contributed by atoms with Crippen LogP contribution in [0.5, 0.6) is 0 Å². The van der Waals surface area contributed by atoms with Crippen LogP contribution in [0.1, 0.15) is 18.2 Å². The Balaban J connectivity index is 2.42. The number of hydrogen-bond acceptors (Lipinski definition) is 4. The predicted octanol–water partition coefficient (Wildman–Crippen LogP) is -0.534. The maximum absolute atomic E-state index is 13.9. The summed E-state index contributed by atoms with van der Waals surface area (Å²) in [5, 5.41) is 9.17. The fraction of sp³-hybridized carbons (Fsp3) is 0.500. The van der Waals surface area contributed by atoms with Gasteiger partial charge in [-0.2, -0.15) is 0 Å². The van der Waals surface area contributed by atoms with Gasteiger partial charge in [0, 0.05) is 18.2 Å². The monoisotopic (exact) mass is 268 g/mol. The van der Waals surface area contributed by atoms with Crippen molar-refractivity contribution in [3.8, 4) is 12.3 Å². The van der Waals surface area contributed by atoms with Gasteiger partial charge in [-0.05, 0) is 6.92 Å². The molecule has 0 radical (unpaired) electrons. The molecule has 1 aromatic rings. The van der Waals surface area contributed by atoms with Crippen LogP contribution in [0.3, 0.4) is 0 Å². The van der Waals surface area contributed by atoms with E-state index in [1.165, 1.54) is 13.1 Å². The highest BCUT2D eigenvalue weighted by atomic mass is 19.1. The number of aromatic amines is 1. The lowest BCUT2D eigenvalue weighted by Crippen LogP contribution is -2.40. The van der Waals surface area contributed by atoms with Crippen molar-refractivity contribution in [2.75, 3.05) is 6.61 Å². The van der Waals surface area contributed by atoms with Gasteiger partial charge in [0.2, 0.25) is 0 Å². The molecule has 2 heterocycles. The summed E-state index contributed by atoms with van der Waals surface area (Å²) in [6, 6.07) is 0. The number of terminal acetylenes is 1. The molecule has 3 atom stereocenters. The second-order valence-corrected chi connectivity index (χ2v) is 4.45. The van der Waals surface area contributed by atoms with Crippen LogP contribution in [0, 0.1) is 19.3 Å². The second kappa shape index (κ2) is 4.64. The van der Waals surface area contributed by atoms with Gasteiger partial charge in [-0.25, -0.2) is 9.18 Å². The number of halogens is 1. The van der Waals surface area contributed by atoms with E-state index < -0.39 is 35.9 Å². The summed E-state index contributed by atoms with van der Waals surface area (Å²) in [6.45, 7) is 0.829. The van der Waals surface area contributed by atoms with E-state index in [1.54, 1.807) is 0 Å². The van der Waals surface area contributed by atoms with Crippen LogP contribution in [0.15, 0.2) is 15.8 Å². The molecule has 1 fully saturated rings. The predicted molar refractivity (Wildman–Crippen MR) is 64.3 cm³/mol. The first kappa shape index (κ1) is 13.5. The van der Waals surface area contributed by atoms with Crippen LogP contribution >= 0.6 is 0 Å². The highest BCUT2D eigenvalue weighted by molar-refractivity contribution is 5.16. The van der Waals surface area contributed by atoms with Gasteiger partial charge in [-0.15, -0.1) is 6.42 Å². The molecule has 7 heteroatoms. The van der Waals surface area contributed by atoms with E-state index >= 15 is 0 Å². The van der Waals surface area contributed by atoms with Crippen molar-refractivity contribution < 1.29 is 14.2 Å². The Hall–Kier alpha value is -1.91. The SMILES string of the molecule is C#C[C@]1(CO)O[C@@H](n2cc(C)c(=O)[nH]c2=O)C[C@@H]1F. The van der Waals surface area contributed by atoms with E-state index in [4.69, 9.17) is 16.3 Å². The molecule has 1 aliphatic heterocycles. The molecule has 0 bridgehead atoms. The molecule has 19 heavy (non-hydrogen) atoms. The van der Waals surface area contributed by atoms with Crippen LogP contribution in [0.4, 0.5) is 4.39 Å². The van der Waals surface area contributed by atoms with Gasteiger partial charge < -0.3 is 9.84 Å². The third-order valence-electron chi connectivity index (χ3n) is 3.20. The van der Waals surface area contributed by atoms with Gasteiger partial charge >= 0.3 is 5.69 Å². The number of nitrogens with one attached hydrogen (secondary N) is 1. The van der Waals surface area contributed by atoms with E-state index in [0.717, 1.165) is 4.57 Å². The van der Waals surface area contributed by atoms with Crippen LogP contribution in [-0.4, -0.2) is 33.0 Å². The quantitative estimate of drug-likeness (QED) is 0.706. The number of ether oxygens (including phenoxy) is 1. The lowest BCUT2D eigenvalue weighted by atomic mass is 10.0. The smallest absolute Gasteiger partial charge is 0.330 e. The number of hydrogen-bond donors (Lipinski definition) is 2. The second-order valence-electron chi connectivity index (χ2n) is 4.45. The highest BCUT2D eigenvalue weighted by Crippen LogP contribution is 2.37. The van der Waals surface area contributed by atoms with Crippen LogP contribution < -0.4 is 11.2 Å². The Kier molecular flexibility index (Phi) is 3.30. The molecule has 1 aliphatic rings. The number of rotatable bonds is 2. The maximum atomic E-state index is 13.9. The average Bonchev–Trinajstić information content (AvgIpc) is 2.71. The van der Waals surface area contributed by atoms with Crippen molar-refractivity contribution >= 4 is 0 Å². The van der Waals surface area contributed by atoms with Crippen molar-refractivity contribution in [2.45, 2.75) is 31.3 Å². The van der Waals surface area contributed by atoms with Crippen molar-refractivity contribution in [1.82, 2.24) is 9.55 Å². The van der Waals surface area contributed by atoms with E-state index in [1.807, 2.05) is 0 Å². The minimum Gasteiger partial charge on any atom is -0.392 e. The van der Waals surface area contributed by atoms with Crippen LogP contribution in [0.2, 0.25) is 0 Å². The summed E-state index contributed by atoms with van der Waals surface area (Å²) in [5.74, 6) is 2.09. The normalized spacial score (nSPS) is 30.2. The van der Waals surface area contributed by atoms with E-state index in [9.17, 15) is 14.0 Å². The molecule has 1 aromatic heterocycles. The van der Waals surface area contributed by atoms with E-state index in [2.05, 4.69) is 10.9 Å². The zero-order chi connectivity index (χ0) is 14.2. The first-order valence-electron chi connectivity index (χ1n) is 5.66. The molecule has 2 rings (SSSR count). The Labute approximate surface area is 107 Å². The molecule has 102 valence electrons. The van der Waals surface area contributed by atoms with Gasteiger partial charge in [-0.1, -0.05) is 5.92 Å². The first-order valence-corrected chi connectivity index (χ1v) is 5.66. The van der Waals surface area contributed by atoms with Crippen LogP contribution in [0.25, 0.3) is 0 Å². The van der Waals surface area contributed by atoms with Gasteiger partial charge in [0.1, 0.15) is 12.4 Å². The Bertz CT molecular complexity index is 644. The summed E-state index contributed by atoms with van der Waals surface area (Å²) in [4.78, 5) is 25.0. The van der Waals surface area contributed by atoms with Gasteiger partial charge in [0.05, 0.1) is 6.61 Å². The number of H-pyrrole nitrogens is 1. The van der Waals surface area contributed by atoms with Gasteiger partial charge in [0.15, 0.2) is 5.60 Å². The lowest BCUT2D eigenvalue weighted by Gasteiger charge is -2.22. The summed E-state index contributed by atoms with van der Waals surface area (Å²) in [7, 11) is 0. The minimum absolute atomic E-state index is 0.170. The first-order chi connectivity index (χ1) is 8.93. The third kappa shape index (κ3) is 2.09. The van der Waals surface area contributed by atoms with Gasteiger partial charge in [-0.3, -0.25) is 14.3 Å². The number of aryl methyl sites for hydroxylation is 1. The number of aliphatic hydroxyl groups is 1. The van der Waals surface area contributed by atoms with E-state index in [0.29, 0.717) is 5.56 Å². The fourth-order valence-corrected chi connectivity index (χ4v) is 2.01. The molecule has 0 unspecified atom stereocenters. The molecular formula is C12H13FN2O4. The van der Waals surface area contributed by atoms with Crippen molar-refractivity contribution in [3.63, 3.8) is 0 Å². The Morgan fingerprint density at radius 3 is 2.95 bits per heavy atom. The Morgan fingerprint density at radius 2 is 2.42 bits per heavy atom. The third-order valence-corrected chi connectivity index (χ3v) is 3.20. The van der Waals surface area contributed by atoms with Crippen LogP contribution in [-0.2, 0) is 4.74 Å². The zero-order valence-corrected chi connectivity index (χ0v) is 10.2. The average molecular weight is 268 g/mol. The molecule has 0 aromatic carbocycles. The molecule has 6 nitrogen and oxygen atoms in total. The van der Waals surface area contributed by atoms with Crippen molar-refractivity contribution in [1.29, 1.82) is 0 Å². The summed E-state index contributed by atoms with van der Waals surface area (Å²) in [5.41, 5.74) is -2.67. The zero-order valence-electron chi connectivity index (χ0n) is 10.2. The standard InChI is InChI=1S/C12H13FN2O4/c1-3-12(6-16)8(13)4-9(19-12)15-5-7(2)10(17)14-11(15)18/h1,5,8-9,16H,4,6H2,2H3,(H,14,17,18)/t8-,9+,12+/m0/s1. The number of nitrogens with zero attached hydrogens (tertiary/aromatic N) is 1. The molecule has 0 spiro atoms. The summed E-state index contributed by atoms with van der Waals surface area (Å²) in [6.07, 6.45) is 3.74. The number of alkyl halides is 1. The fourth-order valence-electron chi connectivity index (χ4n) is 2.01. The largest absolute Gasteiger partial charge is 0.392 e. The topological polar surface area (TPSA) is 84.3 Å². The summed E-state index contributed by atoms with van der Waals surface area (Å²) >= 11 is 0. The molecule has 0 amide bonds. The van der Waals surface area contributed by atoms with Crippen molar-refractivity contribution in [3.05, 3.63) is 32.6 Å². The molecule has 0 aliphatic carbocycles. The van der Waals surface area contributed by atoms with Gasteiger partial charge in [0.25, 0.3) is 5.56 Å². The Morgan fingerprint density at radius 1 is 1.74 bits per heavy atom. The molecular weight excluding hydrogens is 255 g/mol. The van der Waals surface area contributed by atoms with Crippen molar-refractivity contribution in [2.24, 2.45) is 0 Å². The minimum atomic E-state index is -1.74. The molecule has 2 N–H and O–H groups in total. The number of aromatic nitrogens is 2. The highest BCUT2D eigenvalue weighted by Gasteiger charge is 2.49. The van der Waals surface area contributed by atoms with E-state index in [-0.39, 0.29) is 6.42 Å². The maximum Gasteiger partial charge on any atom is 0.330 e.